The van der Waals surface area contributed by atoms with Gasteiger partial charge in [0.05, 0.1) is 15.7 Å². The van der Waals surface area contributed by atoms with Crippen LogP contribution in [0.3, 0.4) is 0 Å². The van der Waals surface area contributed by atoms with Crippen LogP contribution in [-0.2, 0) is 0 Å². The Morgan fingerprint density at radius 2 is 2.05 bits per heavy atom. The van der Waals surface area contributed by atoms with Crippen molar-refractivity contribution in [3.05, 3.63) is 40.0 Å². The van der Waals surface area contributed by atoms with Gasteiger partial charge in [-0.05, 0) is 25.5 Å². The van der Waals surface area contributed by atoms with E-state index in [2.05, 4.69) is 27.5 Å². The molecule has 0 atom stereocenters. The van der Waals surface area contributed by atoms with Gasteiger partial charge in [-0.15, -0.1) is 0 Å². The zero-order valence-electron chi connectivity index (χ0n) is 11.4. The highest BCUT2D eigenvalue weighted by molar-refractivity contribution is 6.43. The van der Waals surface area contributed by atoms with E-state index in [1.807, 2.05) is 19.1 Å². The third kappa shape index (κ3) is 3.52. The third-order valence-electron chi connectivity index (χ3n) is 2.71. The predicted molar refractivity (Wildman–Crippen MR) is 85.3 cm³/mol. The minimum atomic E-state index is 0.482. The molecule has 1 heterocycles. The van der Waals surface area contributed by atoms with Gasteiger partial charge in [-0.2, -0.15) is 4.98 Å². The summed E-state index contributed by atoms with van der Waals surface area (Å²) in [5, 5.41) is 7.33. The van der Waals surface area contributed by atoms with Gasteiger partial charge < -0.3 is 10.6 Å². The fourth-order valence-corrected chi connectivity index (χ4v) is 1.97. The lowest BCUT2D eigenvalue weighted by atomic mass is 10.3. The Bertz CT molecular complexity index is 602. The Morgan fingerprint density at radius 1 is 1.25 bits per heavy atom. The Kier molecular flexibility index (Phi) is 5.04. The Labute approximate surface area is 128 Å². The number of hydrogen-bond donors (Lipinski definition) is 2. The van der Waals surface area contributed by atoms with E-state index in [0.717, 1.165) is 24.2 Å². The first-order valence-electron chi connectivity index (χ1n) is 6.40. The molecular weight excluding hydrogens is 295 g/mol. The van der Waals surface area contributed by atoms with E-state index in [1.165, 1.54) is 0 Å². The normalized spacial score (nSPS) is 10.4. The molecule has 0 unspecified atom stereocenters. The highest BCUT2D eigenvalue weighted by Crippen LogP contribution is 2.32. The van der Waals surface area contributed by atoms with Gasteiger partial charge in [0, 0.05) is 18.3 Å². The molecule has 2 rings (SSSR count). The summed E-state index contributed by atoms with van der Waals surface area (Å²) in [7, 11) is 0. The maximum absolute atomic E-state index is 6.17. The molecule has 0 amide bonds. The van der Waals surface area contributed by atoms with Crippen LogP contribution in [-0.4, -0.2) is 16.5 Å². The minimum Gasteiger partial charge on any atom is -0.354 e. The Morgan fingerprint density at radius 3 is 2.80 bits per heavy atom. The zero-order valence-corrected chi connectivity index (χ0v) is 12.9. The Hall–Kier alpha value is -1.52. The molecule has 0 aliphatic carbocycles. The molecular formula is C14H16Cl2N4. The van der Waals surface area contributed by atoms with Gasteiger partial charge in [0.15, 0.2) is 0 Å². The highest BCUT2D eigenvalue weighted by atomic mass is 35.5. The molecule has 2 aromatic rings. The minimum absolute atomic E-state index is 0.482. The summed E-state index contributed by atoms with van der Waals surface area (Å²) in [6, 6.07) is 5.44. The van der Waals surface area contributed by atoms with Crippen LogP contribution < -0.4 is 10.6 Å². The van der Waals surface area contributed by atoms with Crippen LogP contribution in [0.1, 0.15) is 18.9 Å². The summed E-state index contributed by atoms with van der Waals surface area (Å²) < 4.78 is 0. The lowest BCUT2D eigenvalue weighted by Crippen LogP contribution is -2.07. The number of anilines is 3. The maximum Gasteiger partial charge on any atom is 0.224 e. The van der Waals surface area contributed by atoms with E-state index in [-0.39, 0.29) is 0 Å². The summed E-state index contributed by atoms with van der Waals surface area (Å²) in [4.78, 5) is 8.68. The fraction of sp³-hybridized carbons (Fsp3) is 0.286. The largest absolute Gasteiger partial charge is 0.354 e. The lowest BCUT2D eigenvalue weighted by molar-refractivity contribution is 0.950. The molecule has 1 aromatic carbocycles. The van der Waals surface area contributed by atoms with Gasteiger partial charge in [0.2, 0.25) is 5.95 Å². The van der Waals surface area contributed by atoms with E-state index in [9.17, 15) is 0 Å². The monoisotopic (exact) mass is 310 g/mol. The van der Waals surface area contributed by atoms with Crippen molar-refractivity contribution >= 4 is 40.7 Å². The molecule has 4 nitrogen and oxygen atoms in total. The van der Waals surface area contributed by atoms with Gasteiger partial charge in [0.1, 0.15) is 5.82 Å². The molecule has 0 radical (unpaired) electrons. The number of nitrogens with zero attached hydrogens (tertiary/aromatic N) is 2. The van der Waals surface area contributed by atoms with E-state index in [0.29, 0.717) is 21.8 Å². The van der Waals surface area contributed by atoms with Crippen LogP contribution in [0.15, 0.2) is 24.4 Å². The van der Waals surface area contributed by atoms with Crippen molar-refractivity contribution in [1.29, 1.82) is 0 Å². The quantitative estimate of drug-likeness (QED) is 0.843. The van der Waals surface area contributed by atoms with Gasteiger partial charge >= 0.3 is 0 Å². The van der Waals surface area contributed by atoms with Crippen molar-refractivity contribution in [1.82, 2.24) is 9.97 Å². The molecule has 0 saturated heterocycles. The number of halogens is 2. The van der Waals surface area contributed by atoms with Gasteiger partial charge in [-0.3, -0.25) is 0 Å². The SMILES string of the molecule is CCCNc1ncc(C)c(Nc2cccc(Cl)c2Cl)n1. The summed E-state index contributed by atoms with van der Waals surface area (Å²) >= 11 is 12.2. The van der Waals surface area contributed by atoms with Crippen molar-refractivity contribution in [2.24, 2.45) is 0 Å². The smallest absolute Gasteiger partial charge is 0.224 e. The molecule has 6 heteroatoms. The van der Waals surface area contributed by atoms with Crippen molar-refractivity contribution in [2.75, 3.05) is 17.2 Å². The molecule has 0 spiro atoms. The van der Waals surface area contributed by atoms with Crippen LogP contribution >= 0.6 is 23.2 Å². The summed E-state index contributed by atoms with van der Waals surface area (Å²) in [6.45, 7) is 4.86. The first kappa shape index (κ1) is 14.9. The average Bonchev–Trinajstić information content (AvgIpc) is 2.44. The number of aromatic nitrogens is 2. The van der Waals surface area contributed by atoms with E-state index in [4.69, 9.17) is 23.2 Å². The maximum atomic E-state index is 6.17. The first-order chi connectivity index (χ1) is 9.61. The van der Waals surface area contributed by atoms with Crippen LogP contribution in [0.5, 0.6) is 0 Å². The van der Waals surface area contributed by atoms with Crippen molar-refractivity contribution < 1.29 is 0 Å². The predicted octanol–water partition coefficient (Wildman–Crippen LogP) is 4.66. The fourth-order valence-electron chi connectivity index (χ4n) is 1.62. The Balaban J connectivity index is 2.26. The van der Waals surface area contributed by atoms with Crippen molar-refractivity contribution in [3.63, 3.8) is 0 Å². The number of rotatable bonds is 5. The molecule has 0 aliphatic heterocycles. The van der Waals surface area contributed by atoms with Crippen LogP contribution in [0, 0.1) is 6.92 Å². The second kappa shape index (κ2) is 6.77. The van der Waals surface area contributed by atoms with Crippen LogP contribution in [0.4, 0.5) is 17.5 Å². The summed E-state index contributed by atoms with van der Waals surface area (Å²) in [5.41, 5.74) is 1.66. The highest BCUT2D eigenvalue weighted by Gasteiger charge is 2.08. The van der Waals surface area contributed by atoms with Gasteiger partial charge in [0.25, 0.3) is 0 Å². The zero-order chi connectivity index (χ0) is 14.5. The molecule has 1 aromatic heterocycles. The van der Waals surface area contributed by atoms with E-state index >= 15 is 0 Å². The van der Waals surface area contributed by atoms with Gasteiger partial charge in [-0.1, -0.05) is 36.2 Å². The molecule has 0 aliphatic rings. The number of nitrogens with one attached hydrogen (secondary N) is 2. The summed E-state index contributed by atoms with van der Waals surface area (Å²) in [6.07, 6.45) is 2.78. The molecule has 0 bridgehead atoms. The van der Waals surface area contributed by atoms with Crippen LogP contribution in [0.25, 0.3) is 0 Å². The van der Waals surface area contributed by atoms with Crippen molar-refractivity contribution in [3.8, 4) is 0 Å². The van der Waals surface area contributed by atoms with Gasteiger partial charge in [-0.25, -0.2) is 4.98 Å². The molecule has 0 fully saturated rings. The number of benzene rings is 1. The summed E-state index contributed by atoms with van der Waals surface area (Å²) in [5.74, 6) is 1.31. The standard InChI is InChI=1S/C14H16Cl2N4/c1-3-7-17-14-18-8-9(2)13(20-14)19-11-6-4-5-10(15)12(11)16/h4-6,8H,3,7H2,1-2H3,(H2,17,18,19,20). The first-order valence-corrected chi connectivity index (χ1v) is 7.16. The third-order valence-corrected chi connectivity index (χ3v) is 3.53. The average molecular weight is 311 g/mol. The molecule has 0 saturated carbocycles. The second-order valence-corrected chi connectivity index (χ2v) is 5.16. The lowest BCUT2D eigenvalue weighted by Gasteiger charge is -2.12. The van der Waals surface area contributed by atoms with E-state index in [1.54, 1.807) is 12.3 Å². The van der Waals surface area contributed by atoms with Crippen LogP contribution in [0.2, 0.25) is 10.0 Å². The number of aryl methyl sites for hydroxylation is 1. The topological polar surface area (TPSA) is 49.8 Å². The van der Waals surface area contributed by atoms with Crippen molar-refractivity contribution in [2.45, 2.75) is 20.3 Å². The molecule has 106 valence electrons. The second-order valence-electron chi connectivity index (χ2n) is 4.38. The molecule has 2 N–H and O–H groups in total. The molecule has 20 heavy (non-hydrogen) atoms. The van der Waals surface area contributed by atoms with E-state index < -0.39 is 0 Å². The number of hydrogen-bond acceptors (Lipinski definition) is 4.